The van der Waals surface area contributed by atoms with Crippen molar-refractivity contribution in [2.24, 2.45) is 0 Å². The van der Waals surface area contributed by atoms with E-state index < -0.39 is 17.8 Å². The number of aromatic nitrogens is 3. The lowest BCUT2D eigenvalue weighted by Crippen LogP contribution is -2.44. The van der Waals surface area contributed by atoms with Crippen molar-refractivity contribution in [3.63, 3.8) is 0 Å². The van der Waals surface area contributed by atoms with E-state index in [-0.39, 0.29) is 17.8 Å². The van der Waals surface area contributed by atoms with E-state index in [0.29, 0.717) is 18.8 Å². The molecule has 0 saturated carbocycles. The van der Waals surface area contributed by atoms with Gasteiger partial charge in [-0.1, -0.05) is 30.0 Å². The van der Waals surface area contributed by atoms with E-state index in [1.807, 2.05) is 78.7 Å². The molecule has 6 rings (SSSR count). The first kappa shape index (κ1) is 31.3. The van der Waals surface area contributed by atoms with Crippen LogP contribution in [-0.4, -0.2) is 64.2 Å². The average Bonchev–Trinajstić information content (AvgIpc) is 3.44. The minimum Gasteiger partial charge on any atom is -0.308 e. The van der Waals surface area contributed by atoms with Gasteiger partial charge in [0.25, 0.3) is 0 Å². The molecule has 1 saturated heterocycles. The number of rotatable bonds is 8. The largest absolute Gasteiger partial charge is 0.416 e. The quantitative estimate of drug-likeness (QED) is 0.161. The molecule has 1 aliphatic heterocycles. The van der Waals surface area contributed by atoms with Crippen LogP contribution in [0.5, 0.6) is 0 Å². The Kier molecular flexibility index (Phi) is 9.38. The fraction of sp³-hybridized carbons (Fsp3) is 0.206. The van der Waals surface area contributed by atoms with E-state index in [1.54, 1.807) is 12.3 Å². The molecule has 3 N–H and O–H groups in total. The van der Waals surface area contributed by atoms with Crippen LogP contribution in [0.2, 0.25) is 0 Å². The number of fused-ring (bicyclic) bond motifs is 1. The number of hydrogen-bond acceptors (Lipinski definition) is 6. The van der Waals surface area contributed by atoms with Gasteiger partial charge in [0.05, 0.1) is 22.5 Å². The highest BCUT2D eigenvalue weighted by molar-refractivity contribution is 7.99. The number of pyridine rings is 1. The SMILES string of the molecule is CN1CCN(Cc2ccc(NC(=O)Nc3cccc(Sc4ccc5c(/C=C/c6ccccn6)n[nH]c5c4)c3)cc2C(F)(F)F)CC1. The maximum Gasteiger partial charge on any atom is 0.416 e. The molecule has 8 nitrogen and oxygen atoms in total. The van der Waals surface area contributed by atoms with Crippen molar-refractivity contribution in [3.05, 3.63) is 108 Å². The third-order valence-electron chi connectivity index (χ3n) is 7.65. The molecule has 0 radical (unpaired) electrons. The Morgan fingerprint density at radius 3 is 2.46 bits per heavy atom. The summed E-state index contributed by atoms with van der Waals surface area (Å²) >= 11 is 1.51. The molecule has 46 heavy (non-hydrogen) atoms. The number of hydrogen-bond donors (Lipinski definition) is 3. The highest BCUT2D eigenvalue weighted by Gasteiger charge is 2.34. The van der Waals surface area contributed by atoms with Crippen molar-refractivity contribution in [1.82, 2.24) is 25.0 Å². The molecule has 236 valence electrons. The summed E-state index contributed by atoms with van der Waals surface area (Å²) in [5.74, 6) is 0. The second-order valence-corrected chi connectivity index (χ2v) is 12.2. The van der Waals surface area contributed by atoms with Gasteiger partial charge >= 0.3 is 12.2 Å². The van der Waals surface area contributed by atoms with Crippen LogP contribution in [-0.2, 0) is 12.7 Å². The Labute approximate surface area is 268 Å². The minimum atomic E-state index is -4.54. The fourth-order valence-corrected chi connectivity index (χ4v) is 6.14. The van der Waals surface area contributed by atoms with Gasteiger partial charge in [-0.25, -0.2) is 4.79 Å². The van der Waals surface area contributed by atoms with E-state index in [4.69, 9.17) is 0 Å². The zero-order chi connectivity index (χ0) is 32.1. The number of amides is 2. The molecule has 0 bridgehead atoms. The first-order chi connectivity index (χ1) is 22.2. The molecule has 1 aliphatic rings. The van der Waals surface area contributed by atoms with Crippen LogP contribution < -0.4 is 10.6 Å². The number of H-pyrrole nitrogens is 1. The van der Waals surface area contributed by atoms with Crippen molar-refractivity contribution in [2.75, 3.05) is 43.9 Å². The Morgan fingerprint density at radius 1 is 0.913 bits per heavy atom. The van der Waals surface area contributed by atoms with Gasteiger partial charge in [-0.05, 0) is 85.4 Å². The lowest BCUT2D eigenvalue weighted by molar-refractivity contribution is -0.138. The zero-order valence-electron chi connectivity index (χ0n) is 25.0. The summed E-state index contributed by atoms with van der Waals surface area (Å²) in [6.07, 6.45) is 1.02. The summed E-state index contributed by atoms with van der Waals surface area (Å²) in [6.45, 7) is 3.24. The summed E-state index contributed by atoms with van der Waals surface area (Å²) in [4.78, 5) is 23.1. The van der Waals surface area contributed by atoms with Crippen LogP contribution in [0.3, 0.4) is 0 Å². The number of urea groups is 1. The van der Waals surface area contributed by atoms with E-state index in [0.717, 1.165) is 51.2 Å². The van der Waals surface area contributed by atoms with Gasteiger partial charge in [-0.15, -0.1) is 0 Å². The Hall–Kier alpha value is -4.65. The maximum absolute atomic E-state index is 14.0. The van der Waals surface area contributed by atoms with Gasteiger partial charge in [-0.2, -0.15) is 18.3 Å². The normalized spacial score (nSPS) is 14.6. The highest BCUT2D eigenvalue weighted by atomic mass is 32.2. The van der Waals surface area contributed by atoms with E-state index in [1.165, 1.54) is 23.9 Å². The molecule has 12 heteroatoms. The number of aromatic amines is 1. The third-order valence-corrected chi connectivity index (χ3v) is 8.63. The van der Waals surface area contributed by atoms with Gasteiger partial charge < -0.3 is 15.5 Å². The van der Waals surface area contributed by atoms with Crippen molar-refractivity contribution >= 4 is 52.2 Å². The Balaban J connectivity index is 1.09. The average molecular weight is 644 g/mol. The molecule has 2 aromatic heterocycles. The van der Waals surface area contributed by atoms with Crippen molar-refractivity contribution in [1.29, 1.82) is 0 Å². The zero-order valence-corrected chi connectivity index (χ0v) is 25.8. The van der Waals surface area contributed by atoms with Gasteiger partial charge in [-0.3, -0.25) is 15.0 Å². The van der Waals surface area contributed by atoms with Crippen LogP contribution in [0.25, 0.3) is 23.1 Å². The standard InChI is InChI=1S/C34H32F3N7OS/c1-43-15-17-44(18-16-43)22-23-8-9-26(20-30(23)34(35,36)37)40-33(45)39-25-6-4-7-27(19-25)46-28-11-12-29-31(41-42-32(29)21-28)13-10-24-5-2-3-14-38-24/h2-14,19-21H,15-18,22H2,1H3,(H,41,42)(H2,39,40,45)/b13-10+. The highest BCUT2D eigenvalue weighted by Crippen LogP contribution is 2.35. The van der Waals surface area contributed by atoms with Gasteiger partial charge in [0.1, 0.15) is 0 Å². The minimum absolute atomic E-state index is 0.0691. The molecule has 2 amide bonds. The molecule has 5 aromatic rings. The van der Waals surface area contributed by atoms with Crippen molar-refractivity contribution in [2.45, 2.75) is 22.5 Å². The molecule has 3 aromatic carbocycles. The van der Waals surface area contributed by atoms with Crippen molar-refractivity contribution < 1.29 is 18.0 Å². The summed E-state index contributed by atoms with van der Waals surface area (Å²) in [7, 11) is 2.00. The lowest BCUT2D eigenvalue weighted by atomic mass is 10.0. The molecule has 0 atom stereocenters. The number of alkyl halides is 3. The lowest BCUT2D eigenvalue weighted by Gasteiger charge is -2.33. The molecule has 3 heterocycles. The predicted molar refractivity (Wildman–Crippen MR) is 177 cm³/mol. The first-order valence-corrected chi connectivity index (χ1v) is 15.6. The molecule has 1 fully saturated rings. The number of anilines is 2. The predicted octanol–water partition coefficient (Wildman–Crippen LogP) is 7.69. The van der Waals surface area contributed by atoms with Gasteiger partial charge in [0.2, 0.25) is 0 Å². The summed E-state index contributed by atoms with van der Waals surface area (Å²) in [5.41, 5.74) is 2.56. The van der Waals surface area contributed by atoms with Crippen LogP contribution in [0.4, 0.5) is 29.3 Å². The maximum atomic E-state index is 14.0. The first-order valence-electron chi connectivity index (χ1n) is 14.7. The number of benzene rings is 3. The number of carbonyl (C=O) groups is 1. The third kappa shape index (κ3) is 7.94. The summed E-state index contributed by atoms with van der Waals surface area (Å²) < 4.78 is 41.9. The molecule has 0 aliphatic carbocycles. The van der Waals surface area contributed by atoms with Crippen LogP contribution in [0.15, 0.2) is 94.9 Å². The second-order valence-electron chi connectivity index (χ2n) is 11.1. The van der Waals surface area contributed by atoms with E-state index >= 15 is 0 Å². The van der Waals surface area contributed by atoms with Gasteiger partial charge in [0.15, 0.2) is 0 Å². The second kappa shape index (κ2) is 13.8. The Morgan fingerprint density at radius 2 is 1.70 bits per heavy atom. The molecular weight excluding hydrogens is 611 g/mol. The Bertz CT molecular complexity index is 1850. The number of likely N-dealkylation sites (N-methyl/N-ethyl adjacent to an activating group) is 1. The van der Waals surface area contributed by atoms with Crippen LogP contribution in [0.1, 0.15) is 22.5 Å². The number of piperazine rings is 1. The van der Waals surface area contributed by atoms with Crippen LogP contribution in [0, 0.1) is 0 Å². The fourth-order valence-electron chi connectivity index (χ4n) is 5.22. The van der Waals surface area contributed by atoms with Crippen molar-refractivity contribution in [3.8, 4) is 0 Å². The molecule has 0 spiro atoms. The monoisotopic (exact) mass is 643 g/mol. The van der Waals surface area contributed by atoms with E-state index in [2.05, 4.69) is 30.7 Å². The number of carbonyl (C=O) groups excluding carboxylic acids is 1. The molecular formula is C34H32F3N7OS. The van der Waals surface area contributed by atoms with Crippen LogP contribution >= 0.6 is 11.8 Å². The number of nitrogens with zero attached hydrogens (tertiary/aromatic N) is 4. The van der Waals surface area contributed by atoms with E-state index in [9.17, 15) is 18.0 Å². The van der Waals surface area contributed by atoms with Gasteiger partial charge in [0, 0.05) is 65.5 Å². The number of halogens is 3. The molecule has 0 unspecified atom stereocenters. The number of nitrogens with one attached hydrogen (secondary N) is 3. The topological polar surface area (TPSA) is 89.2 Å². The smallest absolute Gasteiger partial charge is 0.308 e. The summed E-state index contributed by atoms with van der Waals surface area (Å²) in [6, 6.07) is 22.3. The summed E-state index contributed by atoms with van der Waals surface area (Å²) in [5, 5.41) is 13.8.